The minimum Gasteiger partial charge on any atom is -0.389 e. The molecule has 0 aliphatic heterocycles. The van der Waals surface area contributed by atoms with Gasteiger partial charge in [0.05, 0.1) is 5.60 Å². The first-order chi connectivity index (χ1) is 7.68. The fraction of sp³-hybridized carbons (Fsp3) is 0.929. The summed E-state index contributed by atoms with van der Waals surface area (Å²) in [4.78, 5) is 12.3. The van der Waals surface area contributed by atoms with Gasteiger partial charge in [0.25, 0.3) is 0 Å². The molecular weight excluding hydrogens is 200 g/mol. The number of Topliss-reactive ketones (excluding diaryl/α,β-unsaturated/α-hetero) is 1. The van der Waals surface area contributed by atoms with Crippen molar-refractivity contribution in [2.75, 3.05) is 0 Å². The van der Waals surface area contributed by atoms with Gasteiger partial charge < -0.3 is 5.11 Å². The second-order valence-electron chi connectivity index (χ2n) is 6.72. The summed E-state index contributed by atoms with van der Waals surface area (Å²) in [7, 11) is 0. The Morgan fingerprint density at radius 2 is 2.00 bits per heavy atom. The van der Waals surface area contributed by atoms with Crippen molar-refractivity contribution < 1.29 is 9.90 Å². The number of aliphatic hydroxyl groups is 1. The molecule has 88 valence electrons. The van der Waals surface area contributed by atoms with Crippen molar-refractivity contribution >= 4 is 5.78 Å². The van der Waals surface area contributed by atoms with Gasteiger partial charge in [-0.05, 0) is 62.7 Å². The van der Waals surface area contributed by atoms with E-state index in [-0.39, 0.29) is 5.92 Å². The Kier molecular flexibility index (Phi) is 1.75. The molecule has 4 fully saturated rings. The van der Waals surface area contributed by atoms with E-state index >= 15 is 0 Å². The molecule has 0 aromatic carbocycles. The van der Waals surface area contributed by atoms with Crippen molar-refractivity contribution in [2.24, 2.45) is 29.6 Å². The molecular formula is C14H20O2. The molecule has 0 amide bonds. The van der Waals surface area contributed by atoms with Crippen molar-refractivity contribution in [1.82, 2.24) is 0 Å². The second kappa shape index (κ2) is 2.90. The highest BCUT2D eigenvalue weighted by molar-refractivity contribution is 5.88. The molecule has 0 unspecified atom stereocenters. The largest absolute Gasteiger partial charge is 0.389 e. The van der Waals surface area contributed by atoms with E-state index in [4.69, 9.17) is 0 Å². The van der Waals surface area contributed by atoms with Gasteiger partial charge in [-0.15, -0.1) is 0 Å². The van der Waals surface area contributed by atoms with Crippen LogP contribution in [0.4, 0.5) is 0 Å². The molecule has 2 heteroatoms. The summed E-state index contributed by atoms with van der Waals surface area (Å²) < 4.78 is 0. The predicted molar refractivity (Wildman–Crippen MR) is 59.7 cm³/mol. The fourth-order valence-corrected chi connectivity index (χ4v) is 5.44. The van der Waals surface area contributed by atoms with Gasteiger partial charge in [-0.2, -0.15) is 0 Å². The van der Waals surface area contributed by atoms with Crippen LogP contribution >= 0.6 is 0 Å². The van der Waals surface area contributed by atoms with Gasteiger partial charge in [-0.1, -0.05) is 0 Å². The highest BCUT2D eigenvalue weighted by atomic mass is 16.3. The summed E-state index contributed by atoms with van der Waals surface area (Å²) in [6.07, 6.45) is 7.97. The SMILES string of the molecule is O=C1[C@H]2CC[C@@H](C2)[C@H]1[C@@]1(O)C[C@H]2CC[C@H]1C2. The molecule has 0 aromatic heterocycles. The molecule has 16 heavy (non-hydrogen) atoms. The minimum atomic E-state index is -0.583. The number of carbonyl (C=O) groups excluding carboxylic acids is 1. The van der Waals surface area contributed by atoms with Crippen LogP contribution < -0.4 is 0 Å². The van der Waals surface area contributed by atoms with E-state index in [1.165, 1.54) is 25.7 Å². The number of ketones is 1. The minimum absolute atomic E-state index is 0.0292. The average molecular weight is 220 g/mol. The van der Waals surface area contributed by atoms with Gasteiger partial charge in [0, 0.05) is 11.8 Å². The average Bonchev–Trinajstić information content (AvgIpc) is 2.92. The third kappa shape index (κ3) is 1.000. The lowest BCUT2D eigenvalue weighted by atomic mass is 9.68. The summed E-state index contributed by atoms with van der Waals surface area (Å²) >= 11 is 0. The van der Waals surface area contributed by atoms with Gasteiger partial charge in [-0.25, -0.2) is 0 Å². The maximum Gasteiger partial charge on any atom is 0.142 e. The van der Waals surface area contributed by atoms with E-state index in [9.17, 15) is 9.90 Å². The molecule has 4 bridgehead atoms. The van der Waals surface area contributed by atoms with Gasteiger partial charge >= 0.3 is 0 Å². The first-order valence-electron chi connectivity index (χ1n) is 6.94. The van der Waals surface area contributed by atoms with Crippen molar-refractivity contribution in [3.05, 3.63) is 0 Å². The van der Waals surface area contributed by atoms with E-state index < -0.39 is 5.60 Å². The molecule has 0 aromatic rings. The van der Waals surface area contributed by atoms with Gasteiger partial charge in [0.2, 0.25) is 0 Å². The van der Waals surface area contributed by atoms with Crippen molar-refractivity contribution in [2.45, 2.75) is 50.5 Å². The van der Waals surface area contributed by atoms with E-state index in [0.29, 0.717) is 23.5 Å². The topological polar surface area (TPSA) is 37.3 Å². The third-order valence-corrected chi connectivity index (χ3v) is 6.06. The monoisotopic (exact) mass is 220 g/mol. The molecule has 4 rings (SSSR count). The Balaban J connectivity index is 1.68. The standard InChI is InChI=1S/C14H20O2/c15-13-10-3-2-9(6-10)12(13)14(16)7-8-1-4-11(14)5-8/h8-12,16H,1-7H2/t8-,9-,10-,11-,12+,14+/m0/s1. The Hall–Kier alpha value is -0.370. The van der Waals surface area contributed by atoms with Crippen LogP contribution in [0.25, 0.3) is 0 Å². The Labute approximate surface area is 96.4 Å². The lowest BCUT2D eigenvalue weighted by Gasteiger charge is -2.40. The zero-order valence-electron chi connectivity index (χ0n) is 9.69. The number of hydrogen-bond donors (Lipinski definition) is 1. The summed E-state index contributed by atoms with van der Waals surface area (Å²) in [5.74, 6) is 2.47. The number of fused-ring (bicyclic) bond motifs is 4. The summed E-state index contributed by atoms with van der Waals surface area (Å²) in [5.41, 5.74) is -0.583. The van der Waals surface area contributed by atoms with Crippen LogP contribution in [0.5, 0.6) is 0 Å². The lowest BCUT2D eigenvalue weighted by molar-refractivity contribution is -0.142. The van der Waals surface area contributed by atoms with E-state index in [2.05, 4.69) is 0 Å². The van der Waals surface area contributed by atoms with Crippen molar-refractivity contribution in [3.63, 3.8) is 0 Å². The fourth-order valence-electron chi connectivity index (χ4n) is 5.44. The van der Waals surface area contributed by atoms with Crippen LogP contribution in [0.3, 0.4) is 0 Å². The third-order valence-electron chi connectivity index (χ3n) is 6.06. The molecule has 4 saturated carbocycles. The molecule has 4 aliphatic carbocycles. The molecule has 0 saturated heterocycles. The highest BCUT2D eigenvalue weighted by Gasteiger charge is 2.62. The van der Waals surface area contributed by atoms with Crippen molar-refractivity contribution in [1.29, 1.82) is 0 Å². The highest BCUT2D eigenvalue weighted by Crippen LogP contribution is 2.60. The molecule has 0 heterocycles. The number of carbonyl (C=O) groups is 1. The summed E-state index contributed by atoms with van der Waals surface area (Å²) in [6, 6.07) is 0. The van der Waals surface area contributed by atoms with Gasteiger partial charge in [0.1, 0.15) is 5.78 Å². The first-order valence-corrected chi connectivity index (χ1v) is 6.94. The number of hydrogen-bond acceptors (Lipinski definition) is 2. The van der Waals surface area contributed by atoms with Gasteiger partial charge in [-0.3, -0.25) is 4.79 Å². The van der Waals surface area contributed by atoms with Crippen LogP contribution in [0, 0.1) is 29.6 Å². The molecule has 0 spiro atoms. The summed E-state index contributed by atoms with van der Waals surface area (Å²) in [5, 5.41) is 11.0. The molecule has 2 nitrogen and oxygen atoms in total. The van der Waals surface area contributed by atoms with Crippen LogP contribution in [0.1, 0.15) is 44.9 Å². The zero-order valence-corrected chi connectivity index (χ0v) is 9.69. The van der Waals surface area contributed by atoms with Crippen molar-refractivity contribution in [3.8, 4) is 0 Å². The van der Waals surface area contributed by atoms with Gasteiger partial charge in [0.15, 0.2) is 0 Å². The van der Waals surface area contributed by atoms with Crippen LogP contribution in [0.15, 0.2) is 0 Å². The molecule has 6 atom stereocenters. The quantitative estimate of drug-likeness (QED) is 0.735. The molecule has 4 aliphatic rings. The van der Waals surface area contributed by atoms with Crippen LogP contribution in [-0.4, -0.2) is 16.5 Å². The lowest BCUT2D eigenvalue weighted by Crippen LogP contribution is -2.49. The zero-order chi connectivity index (χ0) is 10.9. The smallest absolute Gasteiger partial charge is 0.142 e. The summed E-state index contributed by atoms with van der Waals surface area (Å²) in [6.45, 7) is 0. The van der Waals surface area contributed by atoms with Crippen LogP contribution in [-0.2, 0) is 4.79 Å². The Morgan fingerprint density at radius 1 is 1.12 bits per heavy atom. The van der Waals surface area contributed by atoms with E-state index in [1.54, 1.807) is 0 Å². The van der Waals surface area contributed by atoms with E-state index in [0.717, 1.165) is 25.2 Å². The van der Waals surface area contributed by atoms with Crippen LogP contribution in [0.2, 0.25) is 0 Å². The maximum absolute atomic E-state index is 12.3. The normalized spacial score (nSPS) is 58.8. The second-order valence-corrected chi connectivity index (χ2v) is 6.72. The molecule has 1 N–H and O–H groups in total. The molecule has 0 radical (unpaired) electrons. The first kappa shape index (κ1) is 9.64. The predicted octanol–water partition coefficient (Wildman–Crippen LogP) is 2.15. The van der Waals surface area contributed by atoms with E-state index in [1.807, 2.05) is 0 Å². The Morgan fingerprint density at radius 3 is 2.56 bits per heavy atom. The Bertz CT molecular complexity index is 351. The number of rotatable bonds is 1. The maximum atomic E-state index is 12.3.